The second kappa shape index (κ2) is 8.65. The van der Waals surface area contributed by atoms with Crippen LogP contribution in [0.4, 0.5) is 18.9 Å². The fraction of sp³-hybridized carbons (Fsp3) is 0.0909. The molecule has 1 amide bonds. The first-order valence-electron chi connectivity index (χ1n) is 9.06. The van der Waals surface area contributed by atoms with Gasteiger partial charge in [-0.2, -0.15) is 13.2 Å². The van der Waals surface area contributed by atoms with Crippen LogP contribution < -0.4 is 9.64 Å². The van der Waals surface area contributed by atoms with E-state index in [4.69, 9.17) is 33.0 Å². The fourth-order valence-electron chi connectivity index (χ4n) is 3.02. The highest BCUT2D eigenvalue weighted by Gasteiger charge is 2.34. The number of alkyl halides is 3. The molecule has 0 atom stereocenters. The zero-order valence-electron chi connectivity index (χ0n) is 16.3. The van der Waals surface area contributed by atoms with Gasteiger partial charge in [0.25, 0.3) is 5.91 Å². The van der Waals surface area contributed by atoms with Crippen molar-refractivity contribution in [2.24, 2.45) is 0 Å². The van der Waals surface area contributed by atoms with E-state index in [-0.39, 0.29) is 28.0 Å². The Balaban J connectivity index is 1.61. The minimum atomic E-state index is -4.51. The van der Waals surface area contributed by atoms with Crippen LogP contribution >= 0.6 is 35.6 Å². The van der Waals surface area contributed by atoms with Gasteiger partial charge in [-0.1, -0.05) is 35.6 Å². The smallest absolute Gasteiger partial charge is 0.416 e. The van der Waals surface area contributed by atoms with Gasteiger partial charge < -0.3 is 9.15 Å². The summed E-state index contributed by atoms with van der Waals surface area (Å²) in [6.07, 6.45) is -3.02. The molecule has 1 saturated heterocycles. The number of rotatable bonds is 4. The van der Waals surface area contributed by atoms with Gasteiger partial charge in [-0.15, -0.1) is 0 Å². The second-order valence-electron chi connectivity index (χ2n) is 6.61. The monoisotopic (exact) mass is 495 g/mol. The quantitative estimate of drug-likeness (QED) is 0.287. The van der Waals surface area contributed by atoms with E-state index in [1.807, 2.05) is 0 Å². The first-order chi connectivity index (χ1) is 15.2. The van der Waals surface area contributed by atoms with Crippen molar-refractivity contribution in [1.82, 2.24) is 0 Å². The van der Waals surface area contributed by atoms with E-state index in [0.29, 0.717) is 20.7 Å². The molecule has 0 radical (unpaired) electrons. The third kappa shape index (κ3) is 4.41. The number of carbonyl (C=O) groups excluding carboxylic acids is 1. The van der Waals surface area contributed by atoms with Crippen LogP contribution in [0.25, 0.3) is 17.4 Å². The predicted octanol–water partition coefficient (Wildman–Crippen LogP) is 7.03. The van der Waals surface area contributed by atoms with Crippen molar-refractivity contribution in [2.75, 3.05) is 12.0 Å². The number of ether oxygens (including phenoxy) is 1. The molecule has 1 aromatic heterocycles. The average Bonchev–Trinajstić information content (AvgIpc) is 3.32. The topological polar surface area (TPSA) is 42.7 Å². The van der Waals surface area contributed by atoms with Gasteiger partial charge in [0.15, 0.2) is 4.32 Å². The fourth-order valence-corrected chi connectivity index (χ4v) is 4.51. The summed E-state index contributed by atoms with van der Waals surface area (Å²) in [5.74, 6) is 0.744. The Bertz CT molecular complexity index is 1240. The van der Waals surface area contributed by atoms with E-state index >= 15 is 0 Å². The lowest BCUT2D eigenvalue weighted by atomic mass is 10.1. The number of hydrogen-bond donors (Lipinski definition) is 0. The molecule has 0 unspecified atom stereocenters. The maximum atomic E-state index is 13.0. The highest BCUT2D eigenvalue weighted by atomic mass is 35.5. The Morgan fingerprint density at radius 2 is 1.84 bits per heavy atom. The van der Waals surface area contributed by atoms with Crippen LogP contribution in [-0.4, -0.2) is 17.3 Å². The summed E-state index contributed by atoms with van der Waals surface area (Å²) < 4.78 is 50.3. The van der Waals surface area contributed by atoms with Gasteiger partial charge in [0.1, 0.15) is 17.3 Å². The Morgan fingerprint density at radius 1 is 1.12 bits per heavy atom. The van der Waals surface area contributed by atoms with E-state index in [1.165, 1.54) is 23.1 Å². The van der Waals surface area contributed by atoms with Crippen molar-refractivity contribution in [1.29, 1.82) is 0 Å². The molecule has 2 heterocycles. The number of carbonyl (C=O) groups is 1. The molecule has 164 valence electrons. The molecular weight excluding hydrogens is 483 g/mol. The second-order valence-corrected chi connectivity index (χ2v) is 8.69. The molecule has 3 aromatic rings. The normalized spacial score (nSPS) is 15.7. The molecule has 1 fully saturated rings. The number of furan rings is 1. The molecule has 0 bridgehead atoms. The summed E-state index contributed by atoms with van der Waals surface area (Å²) in [6.45, 7) is 0. The molecule has 1 aliphatic rings. The minimum absolute atomic E-state index is 0.104. The van der Waals surface area contributed by atoms with Crippen molar-refractivity contribution in [3.63, 3.8) is 0 Å². The van der Waals surface area contributed by atoms with Crippen molar-refractivity contribution in [3.8, 4) is 17.1 Å². The first kappa shape index (κ1) is 22.4. The maximum absolute atomic E-state index is 13.0. The van der Waals surface area contributed by atoms with Crippen molar-refractivity contribution >= 4 is 57.6 Å². The molecule has 10 heteroatoms. The third-order valence-corrected chi connectivity index (χ3v) is 6.22. The van der Waals surface area contributed by atoms with E-state index in [1.54, 1.807) is 37.4 Å². The SMILES string of the molecule is COc1ccc(N2C(=O)C(=Cc3ccc(-c4cc(C(F)(F)F)ccc4Cl)o3)SC2=S)cc1. The molecular formula is C22H13ClF3NO3S2. The summed E-state index contributed by atoms with van der Waals surface area (Å²) in [4.78, 5) is 14.6. The zero-order chi connectivity index (χ0) is 23.0. The van der Waals surface area contributed by atoms with Crippen LogP contribution in [0.1, 0.15) is 11.3 Å². The number of nitrogens with zero attached hydrogens (tertiary/aromatic N) is 1. The van der Waals surface area contributed by atoms with E-state index < -0.39 is 11.7 Å². The third-order valence-electron chi connectivity index (χ3n) is 4.58. The lowest BCUT2D eigenvalue weighted by Gasteiger charge is -2.14. The van der Waals surface area contributed by atoms with Crippen LogP contribution in [-0.2, 0) is 11.0 Å². The number of halogens is 4. The zero-order valence-corrected chi connectivity index (χ0v) is 18.7. The number of thioether (sulfide) groups is 1. The molecule has 1 aliphatic heterocycles. The van der Waals surface area contributed by atoms with Crippen molar-refractivity contribution in [2.45, 2.75) is 6.18 Å². The number of hydrogen-bond acceptors (Lipinski definition) is 5. The first-order valence-corrected chi connectivity index (χ1v) is 10.7. The largest absolute Gasteiger partial charge is 0.497 e. The van der Waals surface area contributed by atoms with Gasteiger partial charge in [0.2, 0.25) is 0 Å². The summed E-state index contributed by atoms with van der Waals surface area (Å²) in [6, 6.07) is 12.9. The number of benzene rings is 2. The van der Waals surface area contributed by atoms with Gasteiger partial charge >= 0.3 is 6.18 Å². The number of thiocarbonyl (C=S) groups is 1. The number of methoxy groups -OCH3 is 1. The predicted molar refractivity (Wildman–Crippen MR) is 123 cm³/mol. The molecule has 0 aliphatic carbocycles. The molecule has 0 N–H and O–H groups in total. The number of amides is 1. The average molecular weight is 496 g/mol. The van der Waals surface area contributed by atoms with Crippen molar-refractivity contribution in [3.05, 3.63) is 75.8 Å². The van der Waals surface area contributed by atoms with Crippen LogP contribution in [0.3, 0.4) is 0 Å². The van der Waals surface area contributed by atoms with E-state index in [9.17, 15) is 18.0 Å². The molecule has 0 saturated carbocycles. The van der Waals surface area contributed by atoms with Gasteiger partial charge in [0.05, 0.1) is 28.3 Å². The minimum Gasteiger partial charge on any atom is -0.497 e. The van der Waals surface area contributed by atoms with Gasteiger partial charge in [-0.3, -0.25) is 9.69 Å². The Kier molecular flexibility index (Phi) is 6.07. The molecule has 32 heavy (non-hydrogen) atoms. The van der Waals surface area contributed by atoms with Crippen LogP contribution in [0.5, 0.6) is 5.75 Å². The van der Waals surface area contributed by atoms with Crippen LogP contribution in [0.15, 0.2) is 63.9 Å². The molecule has 0 spiro atoms. The standard InChI is InChI=1S/C22H13ClF3NO3S2/c1-29-14-5-3-13(4-6-14)27-20(28)19(32-21(27)31)11-15-7-9-18(30-15)16-10-12(22(24,25)26)2-8-17(16)23/h2-11H,1H3. The Labute approximate surface area is 195 Å². The van der Waals surface area contributed by atoms with Gasteiger partial charge in [-0.05, 0) is 54.6 Å². The molecule has 4 nitrogen and oxygen atoms in total. The van der Waals surface area contributed by atoms with Gasteiger partial charge in [0, 0.05) is 11.6 Å². The maximum Gasteiger partial charge on any atom is 0.416 e. The summed E-state index contributed by atoms with van der Waals surface area (Å²) in [5, 5.41) is 0.115. The number of anilines is 1. The summed E-state index contributed by atoms with van der Waals surface area (Å²) in [5.41, 5.74) is -0.144. The summed E-state index contributed by atoms with van der Waals surface area (Å²) in [7, 11) is 1.54. The highest BCUT2D eigenvalue weighted by Crippen LogP contribution is 2.39. The van der Waals surface area contributed by atoms with E-state index in [2.05, 4.69) is 0 Å². The van der Waals surface area contributed by atoms with Crippen molar-refractivity contribution < 1.29 is 27.1 Å². The van der Waals surface area contributed by atoms with Crippen LogP contribution in [0.2, 0.25) is 5.02 Å². The Morgan fingerprint density at radius 3 is 2.50 bits per heavy atom. The van der Waals surface area contributed by atoms with Crippen LogP contribution in [0, 0.1) is 0 Å². The lowest BCUT2D eigenvalue weighted by molar-refractivity contribution is -0.137. The van der Waals surface area contributed by atoms with Gasteiger partial charge in [-0.25, -0.2) is 0 Å². The Hall–Kier alpha value is -2.75. The molecule has 2 aromatic carbocycles. The summed E-state index contributed by atoms with van der Waals surface area (Å²) >= 11 is 12.5. The van der Waals surface area contributed by atoms with E-state index in [0.717, 1.165) is 23.9 Å². The molecule has 4 rings (SSSR count). The highest BCUT2D eigenvalue weighted by molar-refractivity contribution is 8.27. The lowest BCUT2D eigenvalue weighted by Crippen LogP contribution is -2.27.